The average Bonchev–Trinajstić information content (AvgIpc) is 3.07. The van der Waals surface area contributed by atoms with Crippen LogP contribution in [0.3, 0.4) is 0 Å². The number of carbonyl (C=O) groups is 1. The van der Waals surface area contributed by atoms with Crippen LogP contribution in [0.25, 0.3) is 11.0 Å². The Morgan fingerprint density at radius 2 is 1.67 bits per heavy atom. The lowest BCUT2D eigenvalue weighted by atomic mass is 10.2. The Bertz CT molecular complexity index is 1330. The molecule has 0 spiro atoms. The van der Waals surface area contributed by atoms with Crippen LogP contribution in [0.5, 0.6) is 0 Å². The number of benzene rings is 2. The summed E-state index contributed by atoms with van der Waals surface area (Å²) in [6.07, 6.45) is 3.55. The maximum absolute atomic E-state index is 13.0. The van der Waals surface area contributed by atoms with Crippen molar-refractivity contribution in [3.63, 3.8) is 0 Å². The minimum atomic E-state index is -3.61. The molecule has 1 aromatic heterocycles. The number of hydrogen-bond donors (Lipinski definition) is 1. The number of para-hydroxylation sites is 2. The zero-order valence-corrected chi connectivity index (χ0v) is 19.9. The van der Waals surface area contributed by atoms with Crippen molar-refractivity contribution in [2.24, 2.45) is 0 Å². The van der Waals surface area contributed by atoms with E-state index in [0.29, 0.717) is 30.8 Å². The Balaban J connectivity index is 1.59. The predicted octanol–water partition coefficient (Wildman–Crippen LogP) is 3.33. The third-order valence-corrected chi connectivity index (χ3v) is 8.00. The van der Waals surface area contributed by atoms with E-state index in [0.717, 1.165) is 36.8 Å². The van der Waals surface area contributed by atoms with Crippen molar-refractivity contribution < 1.29 is 13.2 Å². The molecule has 2 aromatic carbocycles. The molecular formula is C24H30N4O4S. The van der Waals surface area contributed by atoms with Crippen LogP contribution in [0.4, 0.5) is 5.69 Å². The molecule has 1 aliphatic rings. The minimum absolute atomic E-state index is 0.154. The summed E-state index contributed by atoms with van der Waals surface area (Å²) in [5.41, 5.74) is 2.45. The molecule has 1 saturated heterocycles. The van der Waals surface area contributed by atoms with Crippen LogP contribution in [0.2, 0.25) is 0 Å². The summed E-state index contributed by atoms with van der Waals surface area (Å²) in [5.74, 6) is -0.382. The van der Waals surface area contributed by atoms with Crippen molar-refractivity contribution in [2.75, 3.05) is 18.4 Å². The highest BCUT2D eigenvalue weighted by Gasteiger charge is 2.26. The molecule has 2 heterocycles. The lowest BCUT2D eigenvalue weighted by Gasteiger charge is -2.26. The van der Waals surface area contributed by atoms with E-state index in [-0.39, 0.29) is 23.0 Å². The van der Waals surface area contributed by atoms with E-state index in [1.54, 1.807) is 16.7 Å². The third kappa shape index (κ3) is 4.60. The van der Waals surface area contributed by atoms with Crippen molar-refractivity contribution in [3.05, 3.63) is 58.5 Å². The van der Waals surface area contributed by atoms with Crippen LogP contribution < -0.4 is 11.0 Å². The number of imidazole rings is 1. The highest BCUT2D eigenvalue weighted by atomic mass is 32.2. The number of sulfonamides is 1. The minimum Gasteiger partial charge on any atom is -0.324 e. The molecule has 1 N–H and O–H groups in total. The van der Waals surface area contributed by atoms with Gasteiger partial charge in [0.15, 0.2) is 0 Å². The first-order chi connectivity index (χ1) is 15.8. The van der Waals surface area contributed by atoms with Gasteiger partial charge in [0.05, 0.1) is 15.9 Å². The summed E-state index contributed by atoms with van der Waals surface area (Å²) in [6.45, 7) is 5.26. The van der Waals surface area contributed by atoms with Gasteiger partial charge in [-0.1, -0.05) is 31.5 Å². The first-order valence-corrected chi connectivity index (χ1v) is 12.9. The van der Waals surface area contributed by atoms with Crippen molar-refractivity contribution in [1.29, 1.82) is 0 Å². The fourth-order valence-electron chi connectivity index (χ4n) is 4.35. The van der Waals surface area contributed by atoms with Crippen LogP contribution in [-0.4, -0.2) is 40.9 Å². The van der Waals surface area contributed by atoms with Crippen LogP contribution in [-0.2, 0) is 27.9 Å². The van der Waals surface area contributed by atoms with E-state index < -0.39 is 10.0 Å². The molecule has 9 heteroatoms. The van der Waals surface area contributed by atoms with Crippen LogP contribution in [0.15, 0.2) is 52.2 Å². The lowest BCUT2D eigenvalue weighted by molar-refractivity contribution is -0.116. The highest BCUT2D eigenvalue weighted by molar-refractivity contribution is 7.89. The van der Waals surface area contributed by atoms with E-state index >= 15 is 0 Å². The van der Waals surface area contributed by atoms with Gasteiger partial charge >= 0.3 is 5.69 Å². The largest absolute Gasteiger partial charge is 0.329 e. The second-order valence-corrected chi connectivity index (χ2v) is 10.4. The fourth-order valence-corrected chi connectivity index (χ4v) is 5.89. The summed E-state index contributed by atoms with van der Waals surface area (Å²) in [5, 5.41) is 2.82. The van der Waals surface area contributed by atoms with Gasteiger partial charge in [0.25, 0.3) is 0 Å². The van der Waals surface area contributed by atoms with E-state index in [2.05, 4.69) is 5.32 Å². The number of anilines is 1. The fraction of sp³-hybridized carbons (Fsp3) is 0.417. The number of carbonyl (C=O) groups excluding carboxylic acids is 1. The standard InChI is InChI=1S/C24H30N4O4S/c1-3-13-27-21-9-5-6-10-22(21)28(24(27)30)17-23(29)25-20-16-19(12-11-18(20)2)33(31,32)26-14-7-4-8-15-26/h5-6,9-12,16H,3-4,7-8,13-15,17H2,1-2H3,(H,25,29). The van der Waals surface area contributed by atoms with Gasteiger partial charge in [0.2, 0.25) is 15.9 Å². The van der Waals surface area contributed by atoms with Crippen LogP contribution in [0, 0.1) is 6.92 Å². The Hall–Kier alpha value is -2.91. The van der Waals surface area contributed by atoms with E-state index in [9.17, 15) is 18.0 Å². The molecule has 8 nitrogen and oxygen atoms in total. The number of hydrogen-bond acceptors (Lipinski definition) is 4. The molecule has 1 amide bonds. The molecule has 176 valence electrons. The molecule has 0 aliphatic carbocycles. The number of piperidine rings is 1. The molecule has 3 aromatic rings. The first-order valence-electron chi connectivity index (χ1n) is 11.4. The van der Waals surface area contributed by atoms with Crippen molar-refractivity contribution in [2.45, 2.75) is 57.5 Å². The molecule has 0 unspecified atom stereocenters. The van der Waals surface area contributed by atoms with Gasteiger partial charge in [-0.15, -0.1) is 0 Å². The predicted molar refractivity (Wildman–Crippen MR) is 129 cm³/mol. The maximum atomic E-state index is 13.0. The number of amides is 1. The van der Waals surface area contributed by atoms with Gasteiger partial charge in [0.1, 0.15) is 6.54 Å². The van der Waals surface area contributed by atoms with Gasteiger partial charge in [-0.2, -0.15) is 4.31 Å². The second kappa shape index (κ2) is 9.52. The van der Waals surface area contributed by atoms with E-state index in [1.165, 1.54) is 14.9 Å². The summed E-state index contributed by atoms with van der Waals surface area (Å²) in [4.78, 5) is 26.0. The zero-order chi connectivity index (χ0) is 23.6. The van der Waals surface area contributed by atoms with Gasteiger partial charge < -0.3 is 5.32 Å². The molecule has 0 atom stereocenters. The first kappa shape index (κ1) is 23.3. The Kier molecular flexibility index (Phi) is 6.71. The van der Waals surface area contributed by atoms with Crippen molar-refractivity contribution in [1.82, 2.24) is 13.4 Å². The van der Waals surface area contributed by atoms with Gasteiger partial charge in [-0.25, -0.2) is 13.2 Å². The summed E-state index contributed by atoms with van der Waals surface area (Å²) >= 11 is 0. The number of rotatable bonds is 7. The third-order valence-electron chi connectivity index (χ3n) is 6.11. The monoisotopic (exact) mass is 470 g/mol. The molecule has 0 radical (unpaired) electrons. The summed E-state index contributed by atoms with van der Waals surface area (Å²) in [6, 6.07) is 12.2. The molecule has 0 saturated carbocycles. The van der Waals surface area contributed by atoms with Crippen LogP contribution >= 0.6 is 0 Å². The Morgan fingerprint density at radius 3 is 2.33 bits per heavy atom. The normalized spacial score (nSPS) is 15.1. The lowest BCUT2D eigenvalue weighted by Crippen LogP contribution is -2.35. The molecule has 1 fully saturated rings. The zero-order valence-electron chi connectivity index (χ0n) is 19.1. The number of nitrogens with one attached hydrogen (secondary N) is 1. The maximum Gasteiger partial charge on any atom is 0.329 e. The Labute approximate surface area is 193 Å². The van der Waals surface area contributed by atoms with Crippen molar-refractivity contribution >= 4 is 32.7 Å². The average molecular weight is 471 g/mol. The second-order valence-electron chi connectivity index (χ2n) is 8.50. The highest BCUT2D eigenvalue weighted by Crippen LogP contribution is 2.25. The van der Waals surface area contributed by atoms with Crippen molar-refractivity contribution in [3.8, 4) is 0 Å². The van der Waals surface area contributed by atoms with E-state index in [4.69, 9.17) is 0 Å². The van der Waals surface area contributed by atoms with Gasteiger partial charge in [-0.3, -0.25) is 13.9 Å². The topological polar surface area (TPSA) is 93.4 Å². The van der Waals surface area contributed by atoms with Gasteiger partial charge in [-0.05, 0) is 56.0 Å². The Morgan fingerprint density at radius 1 is 1.00 bits per heavy atom. The summed E-state index contributed by atoms with van der Waals surface area (Å²) in [7, 11) is -3.61. The van der Waals surface area contributed by atoms with Crippen LogP contribution in [0.1, 0.15) is 38.2 Å². The molecule has 0 bridgehead atoms. The number of aromatic nitrogens is 2. The molecular weight excluding hydrogens is 440 g/mol. The van der Waals surface area contributed by atoms with E-state index in [1.807, 2.05) is 38.1 Å². The number of nitrogens with zero attached hydrogens (tertiary/aromatic N) is 3. The smallest absolute Gasteiger partial charge is 0.324 e. The summed E-state index contributed by atoms with van der Waals surface area (Å²) < 4.78 is 30.7. The number of aryl methyl sites for hydroxylation is 2. The van der Waals surface area contributed by atoms with Gasteiger partial charge in [0, 0.05) is 25.3 Å². The molecule has 4 rings (SSSR count). The SMILES string of the molecule is CCCn1c(=O)n(CC(=O)Nc2cc(S(=O)(=O)N3CCCCC3)ccc2C)c2ccccc21. The number of fused-ring (bicyclic) bond motifs is 1. The molecule has 1 aliphatic heterocycles. The molecule has 33 heavy (non-hydrogen) atoms. The quantitative estimate of drug-likeness (QED) is 0.573.